The molecule has 2 aliphatic carbocycles. The van der Waals surface area contributed by atoms with Crippen molar-refractivity contribution in [2.75, 3.05) is 11.5 Å². The van der Waals surface area contributed by atoms with Crippen LogP contribution in [0, 0.1) is 23.7 Å². The van der Waals surface area contributed by atoms with E-state index in [4.69, 9.17) is 4.74 Å². The van der Waals surface area contributed by atoms with Gasteiger partial charge >= 0.3 is 5.97 Å². The Balaban J connectivity index is 1.13. The van der Waals surface area contributed by atoms with Crippen molar-refractivity contribution >= 4 is 61.1 Å². The highest BCUT2D eigenvalue weighted by Crippen LogP contribution is 2.60. The molecular formula is C30H23Br2NO5. The molecule has 0 spiro atoms. The van der Waals surface area contributed by atoms with Crippen molar-refractivity contribution < 1.29 is 23.9 Å². The van der Waals surface area contributed by atoms with Crippen LogP contribution < -0.4 is 4.90 Å². The lowest BCUT2D eigenvalue weighted by molar-refractivity contribution is -0.123. The summed E-state index contributed by atoms with van der Waals surface area (Å²) in [6.45, 7) is -0.415. The zero-order chi connectivity index (χ0) is 26.6. The van der Waals surface area contributed by atoms with Crippen molar-refractivity contribution in [3.05, 3.63) is 90.0 Å². The summed E-state index contributed by atoms with van der Waals surface area (Å²) in [6.07, 6.45) is 0.849. The Morgan fingerprint density at radius 2 is 1.37 bits per heavy atom. The Bertz CT molecular complexity index is 1410. The number of hydrogen-bond acceptors (Lipinski definition) is 5. The van der Waals surface area contributed by atoms with Crippen LogP contribution in [-0.4, -0.2) is 39.8 Å². The number of esters is 1. The van der Waals surface area contributed by atoms with Crippen LogP contribution >= 0.6 is 31.9 Å². The predicted molar refractivity (Wildman–Crippen MR) is 149 cm³/mol. The van der Waals surface area contributed by atoms with Crippen LogP contribution in [-0.2, 0) is 14.3 Å². The number of benzene rings is 3. The molecule has 38 heavy (non-hydrogen) atoms. The molecule has 0 N–H and O–H groups in total. The van der Waals surface area contributed by atoms with E-state index < -0.39 is 12.6 Å². The molecule has 3 aromatic carbocycles. The largest absolute Gasteiger partial charge is 0.454 e. The van der Waals surface area contributed by atoms with E-state index in [9.17, 15) is 19.2 Å². The van der Waals surface area contributed by atoms with Crippen LogP contribution in [0.3, 0.4) is 0 Å². The van der Waals surface area contributed by atoms with Gasteiger partial charge < -0.3 is 4.74 Å². The Morgan fingerprint density at radius 3 is 2.00 bits per heavy atom. The van der Waals surface area contributed by atoms with E-state index in [2.05, 4.69) is 31.9 Å². The van der Waals surface area contributed by atoms with Crippen LogP contribution in [0.15, 0.2) is 78.9 Å². The van der Waals surface area contributed by atoms with E-state index in [0.717, 1.165) is 17.5 Å². The molecule has 3 aromatic rings. The molecule has 8 heteroatoms. The Labute approximate surface area is 236 Å². The van der Waals surface area contributed by atoms with Gasteiger partial charge in [-0.05, 0) is 47.6 Å². The second-order valence-electron chi connectivity index (χ2n) is 10.0. The number of alkyl halides is 2. The lowest BCUT2D eigenvalue weighted by atomic mass is 9.81. The fourth-order valence-corrected chi connectivity index (χ4v) is 8.03. The highest BCUT2D eigenvalue weighted by Gasteiger charge is 2.66. The maximum Gasteiger partial charge on any atom is 0.338 e. The highest BCUT2D eigenvalue weighted by atomic mass is 79.9. The first kappa shape index (κ1) is 25.2. The van der Waals surface area contributed by atoms with E-state index in [0.29, 0.717) is 11.3 Å². The fourth-order valence-electron chi connectivity index (χ4n) is 6.15. The van der Waals surface area contributed by atoms with E-state index >= 15 is 0 Å². The maximum absolute atomic E-state index is 13.3. The first-order chi connectivity index (χ1) is 18.3. The highest BCUT2D eigenvalue weighted by molar-refractivity contribution is 9.12. The third-order valence-electron chi connectivity index (χ3n) is 7.98. The third-order valence-corrected chi connectivity index (χ3v) is 11.2. The predicted octanol–water partition coefficient (Wildman–Crippen LogP) is 5.68. The molecule has 6 rings (SSSR count). The Morgan fingerprint density at radius 1 is 0.763 bits per heavy atom. The quantitative estimate of drug-likeness (QED) is 0.151. The van der Waals surface area contributed by atoms with Gasteiger partial charge in [0.05, 0.1) is 23.1 Å². The maximum atomic E-state index is 13.3. The number of carbonyl (C=O) groups is 4. The molecule has 2 bridgehead atoms. The van der Waals surface area contributed by atoms with Crippen molar-refractivity contribution in [3.8, 4) is 11.1 Å². The molecule has 0 radical (unpaired) electrons. The molecule has 0 unspecified atom stereocenters. The Hall–Kier alpha value is -3.10. The van der Waals surface area contributed by atoms with Gasteiger partial charge in [-0.2, -0.15) is 0 Å². The molecule has 2 amide bonds. The van der Waals surface area contributed by atoms with Gasteiger partial charge in [0.1, 0.15) is 0 Å². The van der Waals surface area contributed by atoms with Gasteiger partial charge in [-0.25, -0.2) is 4.79 Å². The van der Waals surface area contributed by atoms with Gasteiger partial charge in [-0.15, -0.1) is 0 Å². The molecule has 192 valence electrons. The van der Waals surface area contributed by atoms with E-state index in [1.165, 1.54) is 11.0 Å². The van der Waals surface area contributed by atoms with Crippen molar-refractivity contribution in [1.82, 2.24) is 0 Å². The topological polar surface area (TPSA) is 80.8 Å². The number of nitrogens with zero attached hydrogens (tertiary/aromatic N) is 1. The zero-order valence-electron chi connectivity index (χ0n) is 20.1. The van der Waals surface area contributed by atoms with Gasteiger partial charge in [0.15, 0.2) is 12.4 Å². The number of Topliss-reactive ketones (excluding diaryl/α,β-unsaturated/α-hetero) is 1. The SMILES string of the molecule is O=C(COC(=O)c1cccc(N2C(=O)[C@H]3[C@@H]4C[C@@H]([C@@H](Br)[C@H]4Br)[C@@H]3C2=O)c1)c1ccc(-c2ccccc2)cc1. The number of ketones is 1. The summed E-state index contributed by atoms with van der Waals surface area (Å²) in [5.74, 6) is -1.91. The second-order valence-corrected chi connectivity index (χ2v) is 12.1. The van der Waals surface area contributed by atoms with Crippen molar-refractivity contribution in [2.24, 2.45) is 23.7 Å². The number of carbonyl (C=O) groups excluding carboxylic acids is 4. The molecule has 6 atom stereocenters. The summed E-state index contributed by atoms with van der Waals surface area (Å²) in [5, 5.41) is 0. The van der Waals surface area contributed by atoms with Crippen LogP contribution in [0.25, 0.3) is 11.1 Å². The van der Waals surface area contributed by atoms with Crippen LogP contribution in [0.2, 0.25) is 0 Å². The summed E-state index contributed by atoms with van der Waals surface area (Å²) >= 11 is 7.39. The molecule has 1 saturated heterocycles. The standard InChI is InChI=1S/C30H23Br2NO5/c31-26-21-14-22(27(26)32)25-24(21)28(35)33(29(25)36)20-8-4-7-19(13-20)30(37)38-15-23(34)18-11-9-17(10-12-18)16-5-2-1-3-6-16/h1-13,21-22,24-27H,14-15H2/t21-,22+,24-,25-,26-,27+/m0/s1. The van der Waals surface area contributed by atoms with E-state index in [1.807, 2.05) is 42.5 Å². The minimum atomic E-state index is -0.693. The van der Waals surface area contributed by atoms with Crippen molar-refractivity contribution in [1.29, 1.82) is 0 Å². The number of amides is 2. The molecule has 2 saturated carbocycles. The number of hydrogen-bond donors (Lipinski definition) is 0. The average molecular weight is 637 g/mol. The molecular weight excluding hydrogens is 614 g/mol. The van der Waals surface area contributed by atoms with Gasteiger partial charge in [0.25, 0.3) is 0 Å². The molecule has 0 aromatic heterocycles. The smallest absolute Gasteiger partial charge is 0.338 e. The fraction of sp³-hybridized carbons (Fsp3) is 0.267. The normalized spacial score (nSPS) is 27.5. The van der Waals surface area contributed by atoms with E-state index in [-0.39, 0.29) is 56.5 Å². The molecule has 6 nitrogen and oxygen atoms in total. The summed E-state index contributed by atoms with van der Waals surface area (Å²) < 4.78 is 5.29. The van der Waals surface area contributed by atoms with Gasteiger partial charge in [0.2, 0.25) is 11.8 Å². The number of imide groups is 1. The lowest BCUT2D eigenvalue weighted by Gasteiger charge is -2.28. The summed E-state index contributed by atoms with van der Waals surface area (Å²) in [7, 11) is 0. The summed E-state index contributed by atoms with van der Waals surface area (Å²) in [5.41, 5.74) is 2.99. The molecule has 3 fully saturated rings. The molecule has 1 aliphatic heterocycles. The van der Waals surface area contributed by atoms with Gasteiger partial charge in [0, 0.05) is 15.2 Å². The van der Waals surface area contributed by atoms with Crippen LogP contribution in [0.5, 0.6) is 0 Å². The van der Waals surface area contributed by atoms with E-state index in [1.54, 1.807) is 30.3 Å². The number of rotatable bonds is 6. The lowest BCUT2D eigenvalue weighted by Crippen LogP contribution is -2.37. The number of ether oxygens (including phenoxy) is 1. The van der Waals surface area contributed by atoms with Crippen molar-refractivity contribution in [3.63, 3.8) is 0 Å². The van der Waals surface area contributed by atoms with Gasteiger partial charge in [-0.3, -0.25) is 19.3 Å². The summed E-state index contributed by atoms with van der Waals surface area (Å²) in [6, 6.07) is 23.2. The van der Waals surface area contributed by atoms with Gasteiger partial charge in [-0.1, -0.05) is 92.5 Å². The second kappa shape index (κ2) is 9.89. The molecule has 3 aliphatic rings. The minimum Gasteiger partial charge on any atom is -0.454 e. The third kappa shape index (κ3) is 4.14. The first-order valence-corrected chi connectivity index (χ1v) is 14.3. The number of halogens is 2. The first-order valence-electron chi connectivity index (χ1n) is 12.5. The Kier molecular flexibility index (Phi) is 6.56. The average Bonchev–Trinajstić information content (AvgIpc) is 3.56. The summed E-state index contributed by atoms with van der Waals surface area (Å²) in [4.78, 5) is 53.6. The van der Waals surface area contributed by atoms with Crippen LogP contribution in [0.1, 0.15) is 27.1 Å². The van der Waals surface area contributed by atoms with Crippen LogP contribution in [0.4, 0.5) is 5.69 Å². The van der Waals surface area contributed by atoms with Crippen molar-refractivity contribution in [2.45, 2.75) is 16.1 Å². The zero-order valence-corrected chi connectivity index (χ0v) is 23.3. The minimum absolute atomic E-state index is 0.108. The monoisotopic (exact) mass is 635 g/mol. The number of fused-ring (bicyclic) bond motifs is 5. The number of anilines is 1. The molecule has 1 heterocycles.